The molecule has 1 aromatic carbocycles. The van der Waals surface area contributed by atoms with Gasteiger partial charge in [0.1, 0.15) is 6.54 Å². The Labute approximate surface area is 153 Å². The third-order valence-corrected chi connectivity index (χ3v) is 5.03. The molecule has 0 saturated carbocycles. The molecule has 1 N–H and O–H groups in total. The topological polar surface area (TPSA) is 102 Å². The molecule has 140 valence electrons. The van der Waals surface area contributed by atoms with E-state index in [9.17, 15) is 19.5 Å². The fourth-order valence-corrected chi connectivity index (χ4v) is 3.63. The van der Waals surface area contributed by atoms with Gasteiger partial charge in [-0.05, 0) is 17.5 Å². The van der Waals surface area contributed by atoms with E-state index in [4.69, 9.17) is 0 Å². The van der Waals surface area contributed by atoms with Crippen LogP contribution in [-0.2, 0) is 38.4 Å². The van der Waals surface area contributed by atoms with Gasteiger partial charge in [0.2, 0.25) is 5.95 Å². The van der Waals surface area contributed by atoms with Crippen LogP contribution in [0.15, 0.2) is 33.9 Å². The van der Waals surface area contributed by atoms with Crippen LogP contribution in [0, 0.1) is 0 Å². The van der Waals surface area contributed by atoms with Gasteiger partial charge in [-0.1, -0.05) is 24.3 Å². The number of benzene rings is 1. The van der Waals surface area contributed by atoms with Crippen molar-refractivity contribution in [2.24, 2.45) is 14.1 Å². The molecule has 3 aromatic rings. The quantitative estimate of drug-likeness (QED) is 0.702. The number of anilines is 1. The Bertz CT molecular complexity index is 1190. The molecule has 0 fully saturated rings. The van der Waals surface area contributed by atoms with Gasteiger partial charge in [0, 0.05) is 27.2 Å². The van der Waals surface area contributed by atoms with Gasteiger partial charge in [0.15, 0.2) is 11.2 Å². The lowest BCUT2D eigenvalue weighted by Gasteiger charge is -2.29. The Morgan fingerprint density at radius 3 is 2.56 bits per heavy atom. The average molecular weight is 369 g/mol. The molecule has 1 aliphatic rings. The first kappa shape index (κ1) is 17.1. The number of aromatic nitrogens is 4. The standard InChI is InChI=1S/C18H19N5O4/c1-20-15-14(16(26)21(2)18(20)27)23(10-13(24)25)17(19-15)22-8-7-11-5-3-4-6-12(11)9-22/h3-6H,7-10H2,1-2H3,(H,24,25). The first-order valence-corrected chi connectivity index (χ1v) is 8.58. The lowest BCUT2D eigenvalue weighted by Crippen LogP contribution is -2.38. The van der Waals surface area contributed by atoms with E-state index >= 15 is 0 Å². The van der Waals surface area contributed by atoms with E-state index in [-0.39, 0.29) is 11.2 Å². The molecule has 2 aromatic heterocycles. The smallest absolute Gasteiger partial charge is 0.332 e. The van der Waals surface area contributed by atoms with Crippen molar-refractivity contribution in [1.82, 2.24) is 18.7 Å². The minimum absolute atomic E-state index is 0.121. The van der Waals surface area contributed by atoms with E-state index < -0.39 is 23.8 Å². The van der Waals surface area contributed by atoms with Crippen LogP contribution < -0.4 is 16.1 Å². The maximum atomic E-state index is 12.7. The van der Waals surface area contributed by atoms with Gasteiger partial charge in [0.25, 0.3) is 5.56 Å². The highest BCUT2D eigenvalue weighted by Gasteiger charge is 2.26. The maximum absolute atomic E-state index is 12.7. The first-order chi connectivity index (χ1) is 12.9. The molecule has 3 heterocycles. The summed E-state index contributed by atoms with van der Waals surface area (Å²) in [5.74, 6) is -0.691. The zero-order valence-corrected chi connectivity index (χ0v) is 15.0. The highest BCUT2D eigenvalue weighted by Crippen LogP contribution is 2.26. The summed E-state index contributed by atoms with van der Waals surface area (Å²) in [5.41, 5.74) is 1.65. The number of hydrogen-bond donors (Lipinski definition) is 1. The van der Waals surface area contributed by atoms with Gasteiger partial charge in [-0.25, -0.2) is 4.79 Å². The summed E-state index contributed by atoms with van der Waals surface area (Å²) >= 11 is 0. The van der Waals surface area contributed by atoms with Crippen molar-refractivity contribution in [3.8, 4) is 0 Å². The number of carboxylic acid groups (broad SMARTS) is 1. The Kier molecular flexibility index (Phi) is 3.87. The molecule has 1 aliphatic heterocycles. The molecular formula is C18H19N5O4. The highest BCUT2D eigenvalue weighted by atomic mass is 16.4. The third-order valence-electron chi connectivity index (χ3n) is 5.03. The number of aryl methyl sites for hydroxylation is 1. The molecule has 0 unspecified atom stereocenters. The molecule has 27 heavy (non-hydrogen) atoms. The van der Waals surface area contributed by atoms with Crippen molar-refractivity contribution in [3.63, 3.8) is 0 Å². The number of rotatable bonds is 3. The number of carbonyl (C=O) groups is 1. The van der Waals surface area contributed by atoms with Crippen LogP contribution in [0.4, 0.5) is 5.95 Å². The van der Waals surface area contributed by atoms with Gasteiger partial charge < -0.3 is 10.0 Å². The van der Waals surface area contributed by atoms with Gasteiger partial charge >= 0.3 is 11.7 Å². The van der Waals surface area contributed by atoms with Gasteiger partial charge in [-0.2, -0.15) is 4.98 Å². The minimum Gasteiger partial charge on any atom is -0.480 e. The molecule has 0 bridgehead atoms. The lowest BCUT2D eigenvalue weighted by molar-refractivity contribution is -0.137. The van der Waals surface area contributed by atoms with Crippen molar-refractivity contribution >= 4 is 23.1 Å². The first-order valence-electron chi connectivity index (χ1n) is 8.58. The predicted molar refractivity (Wildman–Crippen MR) is 99.0 cm³/mol. The molecule has 0 spiro atoms. The SMILES string of the molecule is Cn1c(=O)c2c(nc(N3CCc4ccccc4C3)n2CC(=O)O)n(C)c1=O. The number of fused-ring (bicyclic) bond motifs is 2. The van der Waals surface area contributed by atoms with Crippen LogP contribution in [0.2, 0.25) is 0 Å². The fraction of sp³-hybridized carbons (Fsp3) is 0.333. The number of carboxylic acids is 1. The summed E-state index contributed by atoms with van der Waals surface area (Å²) in [5, 5.41) is 9.36. The molecule has 0 amide bonds. The Balaban J connectivity index is 1.94. The zero-order chi connectivity index (χ0) is 19.3. The molecular weight excluding hydrogens is 350 g/mol. The monoisotopic (exact) mass is 369 g/mol. The molecule has 0 saturated heterocycles. The van der Waals surface area contributed by atoms with Crippen LogP contribution in [0.25, 0.3) is 11.2 Å². The van der Waals surface area contributed by atoms with Crippen LogP contribution in [-0.4, -0.2) is 36.3 Å². The molecule has 9 heteroatoms. The second-order valence-electron chi connectivity index (χ2n) is 6.71. The second-order valence-corrected chi connectivity index (χ2v) is 6.71. The normalized spacial score (nSPS) is 13.8. The van der Waals surface area contributed by atoms with Gasteiger partial charge in [0.05, 0.1) is 0 Å². The fourth-order valence-electron chi connectivity index (χ4n) is 3.63. The van der Waals surface area contributed by atoms with Crippen molar-refractivity contribution in [2.45, 2.75) is 19.5 Å². The van der Waals surface area contributed by atoms with Crippen LogP contribution >= 0.6 is 0 Å². The van der Waals surface area contributed by atoms with Crippen LogP contribution in [0.3, 0.4) is 0 Å². The molecule has 0 atom stereocenters. The van der Waals surface area contributed by atoms with Crippen molar-refractivity contribution < 1.29 is 9.90 Å². The minimum atomic E-state index is -1.08. The summed E-state index contributed by atoms with van der Waals surface area (Å²) in [7, 11) is 2.90. The van der Waals surface area contributed by atoms with E-state index in [0.717, 1.165) is 16.6 Å². The predicted octanol–water partition coefficient (Wildman–Crippen LogP) is 0.0810. The molecule has 9 nitrogen and oxygen atoms in total. The molecule has 0 radical (unpaired) electrons. The van der Waals surface area contributed by atoms with Crippen LogP contribution in [0.5, 0.6) is 0 Å². The van der Waals surface area contributed by atoms with E-state index in [0.29, 0.717) is 19.0 Å². The number of imidazole rings is 1. The second kappa shape index (κ2) is 6.11. The van der Waals surface area contributed by atoms with Gasteiger partial charge in [-0.15, -0.1) is 0 Å². The Morgan fingerprint density at radius 2 is 1.85 bits per heavy atom. The molecule has 0 aliphatic carbocycles. The van der Waals surface area contributed by atoms with Crippen LogP contribution in [0.1, 0.15) is 11.1 Å². The summed E-state index contributed by atoms with van der Waals surface area (Å²) in [6.07, 6.45) is 0.795. The van der Waals surface area contributed by atoms with Crippen molar-refractivity contribution in [3.05, 3.63) is 56.2 Å². The average Bonchev–Trinajstić information content (AvgIpc) is 3.03. The van der Waals surface area contributed by atoms with Crippen molar-refractivity contribution in [2.75, 3.05) is 11.4 Å². The summed E-state index contributed by atoms with van der Waals surface area (Å²) < 4.78 is 3.64. The van der Waals surface area contributed by atoms with Gasteiger partial charge in [-0.3, -0.25) is 23.3 Å². The Hall–Kier alpha value is -3.36. The van der Waals surface area contributed by atoms with E-state index in [2.05, 4.69) is 11.1 Å². The Morgan fingerprint density at radius 1 is 1.15 bits per heavy atom. The number of hydrogen-bond acceptors (Lipinski definition) is 5. The largest absolute Gasteiger partial charge is 0.480 e. The summed E-state index contributed by atoms with van der Waals surface area (Å²) in [6.45, 7) is 0.805. The maximum Gasteiger partial charge on any atom is 0.332 e. The third kappa shape index (κ3) is 2.62. The van der Waals surface area contributed by atoms with Crippen molar-refractivity contribution in [1.29, 1.82) is 0 Å². The highest BCUT2D eigenvalue weighted by molar-refractivity contribution is 5.78. The number of nitrogens with zero attached hydrogens (tertiary/aromatic N) is 5. The summed E-state index contributed by atoms with van der Waals surface area (Å²) in [6, 6.07) is 8.06. The van der Waals surface area contributed by atoms with E-state index in [1.54, 1.807) is 0 Å². The lowest BCUT2D eigenvalue weighted by atomic mass is 10.0. The number of aliphatic carboxylic acids is 1. The summed E-state index contributed by atoms with van der Waals surface area (Å²) in [4.78, 5) is 42.8. The zero-order valence-electron chi connectivity index (χ0n) is 15.0. The van der Waals surface area contributed by atoms with E-state index in [1.165, 1.54) is 28.8 Å². The molecule has 4 rings (SSSR count). The van der Waals surface area contributed by atoms with E-state index in [1.807, 2.05) is 23.1 Å².